The molecule has 0 radical (unpaired) electrons. The molecule has 1 aliphatic carbocycles. The summed E-state index contributed by atoms with van der Waals surface area (Å²) in [6.07, 6.45) is 4.20. The lowest BCUT2D eigenvalue weighted by Gasteiger charge is -2.24. The molecule has 0 aromatic carbocycles. The van der Waals surface area contributed by atoms with E-state index in [0.29, 0.717) is 11.5 Å². The highest BCUT2D eigenvalue weighted by Gasteiger charge is 2.53. The first-order chi connectivity index (χ1) is 9.11. The Bertz CT molecular complexity index is 448. The standard InChI is InChI=1S/C15H25N3S/c1-10(14-11(2)18-12(3)19-14)17-9-13-8-15(13)4-6-16-7-5-15/h10,13,16-17H,4-9H2,1-3H3. The highest BCUT2D eigenvalue weighted by Crippen LogP contribution is 2.58. The van der Waals surface area contributed by atoms with Crippen LogP contribution in [0.4, 0.5) is 0 Å². The number of piperidine rings is 1. The lowest BCUT2D eigenvalue weighted by Crippen LogP contribution is -2.31. The lowest BCUT2D eigenvalue weighted by atomic mass is 9.92. The van der Waals surface area contributed by atoms with Crippen LogP contribution >= 0.6 is 11.3 Å². The van der Waals surface area contributed by atoms with Gasteiger partial charge in [-0.15, -0.1) is 11.3 Å². The second-order valence-corrected chi connectivity index (χ2v) is 7.56. The van der Waals surface area contributed by atoms with Gasteiger partial charge in [-0.1, -0.05) is 0 Å². The first-order valence-corrected chi connectivity index (χ1v) is 8.30. The Morgan fingerprint density at radius 2 is 2.16 bits per heavy atom. The molecule has 1 saturated carbocycles. The van der Waals surface area contributed by atoms with E-state index in [1.54, 1.807) is 0 Å². The fourth-order valence-electron chi connectivity index (χ4n) is 3.62. The van der Waals surface area contributed by atoms with Crippen LogP contribution in [0.5, 0.6) is 0 Å². The third-order valence-electron chi connectivity index (χ3n) is 4.96. The molecule has 1 aromatic rings. The molecule has 0 bridgehead atoms. The van der Waals surface area contributed by atoms with Gasteiger partial charge in [0.15, 0.2) is 0 Å². The normalized spacial score (nSPS) is 26.6. The van der Waals surface area contributed by atoms with E-state index < -0.39 is 0 Å². The predicted octanol–water partition coefficient (Wildman–Crippen LogP) is 2.80. The van der Waals surface area contributed by atoms with Crippen LogP contribution in [0.3, 0.4) is 0 Å². The molecule has 3 nitrogen and oxygen atoms in total. The van der Waals surface area contributed by atoms with Gasteiger partial charge >= 0.3 is 0 Å². The average Bonchev–Trinajstić information content (AvgIpc) is 2.93. The molecule has 2 fully saturated rings. The summed E-state index contributed by atoms with van der Waals surface area (Å²) in [6, 6.07) is 0.450. The summed E-state index contributed by atoms with van der Waals surface area (Å²) in [5, 5.41) is 8.39. The van der Waals surface area contributed by atoms with Crippen LogP contribution in [-0.2, 0) is 0 Å². The maximum atomic E-state index is 4.53. The van der Waals surface area contributed by atoms with Gasteiger partial charge in [-0.3, -0.25) is 0 Å². The van der Waals surface area contributed by atoms with Crippen molar-refractivity contribution < 1.29 is 0 Å². The summed E-state index contributed by atoms with van der Waals surface area (Å²) in [4.78, 5) is 5.94. The van der Waals surface area contributed by atoms with E-state index in [1.165, 1.54) is 54.5 Å². The van der Waals surface area contributed by atoms with Crippen molar-refractivity contribution in [3.05, 3.63) is 15.6 Å². The number of hydrogen-bond acceptors (Lipinski definition) is 4. The average molecular weight is 279 g/mol. The van der Waals surface area contributed by atoms with Crippen LogP contribution in [0.25, 0.3) is 0 Å². The van der Waals surface area contributed by atoms with E-state index in [2.05, 4.69) is 36.4 Å². The van der Waals surface area contributed by atoms with Crippen molar-refractivity contribution in [3.63, 3.8) is 0 Å². The summed E-state index contributed by atoms with van der Waals surface area (Å²) in [5.74, 6) is 0.909. The quantitative estimate of drug-likeness (QED) is 0.890. The van der Waals surface area contributed by atoms with Gasteiger partial charge in [-0.2, -0.15) is 0 Å². The zero-order chi connectivity index (χ0) is 13.5. The number of aryl methyl sites for hydroxylation is 2. The molecule has 4 heteroatoms. The van der Waals surface area contributed by atoms with Crippen molar-refractivity contribution in [2.45, 2.75) is 46.1 Å². The summed E-state index contributed by atoms with van der Waals surface area (Å²) in [7, 11) is 0. The van der Waals surface area contributed by atoms with E-state index in [9.17, 15) is 0 Å². The van der Waals surface area contributed by atoms with Crippen LogP contribution in [0, 0.1) is 25.2 Å². The molecule has 1 aromatic heterocycles. The van der Waals surface area contributed by atoms with Gasteiger partial charge in [0.1, 0.15) is 0 Å². The van der Waals surface area contributed by atoms with Crippen molar-refractivity contribution >= 4 is 11.3 Å². The van der Waals surface area contributed by atoms with Crippen LogP contribution in [-0.4, -0.2) is 24.6 Å². The molecular formula is C15H25N3S. The number of rotatable bonds is 4. The SMILES string of the molecule is Cc1nc(C)c(C(C)NCC2CC23CCNCC3)s1. The third-order valence-corrected chi connectivity index (χ3v) is 6.22. The van der Waals surface area contributed by atoms with Crippen molar-refractivity contribution in [1.82, 2.24) is 15.6 Å². The summed E-state index contributed by atoms with van der Waals surface area (Å²) in [6.45, 7) is 10.1. The highest BCUT2D eigenvalue weighted by molar-refractivity contribution is 7.11. The monoisotopic (exact) mass is 279 g/mol. The fourth-order valence-corrected chi connectivity index (χ4v) is 4.57. The van der Waals surface area contributed by atoms with E-state index in [1.807, 2.05) is 11.3 Å². The van der Waals surface area contributed by atoms with Gasteiger partial charge < -0.3 is 10.6 Å². The molecule has 3 rings (SSSR count). The number of aromatic nitrogens is 1. The van der Waals surface area contributed by atoms with Gasteiger partial charge in [-0.25, -0.2) is 4.98 Å². The number of hydrogen-bond donors (Lipinski definition) is 2. The molecule has 2 unspecified atom stereocenters. The summed E-state index contributed by atoms with van der Waals surface area (Å²) < 4.78 is 0. The Balaban J connectivity index is 1.52. The van der Waals surface area contributed by atoms with Crippen molar-refractivity contribution in [1.29, 1.82) is 0 Å². The highest BCUT2D eigenvalue weighted by atomic mass is 32.1. The zero-order valence-electron chi connectivity index (χ0n) is 12.3. The van der Waals surface area contributed by atoms with Crippen molar-refractivity contribution in [2.75, 3.05) is 19.6 Å². The Morgan fingerprint density at radius 1 is 1.42 bits per heavy atom. The minimum atomic E-state index is 0.450. The van der Waals surface area contributed by atoms with Crippen LogP contribution in [0.15, 0.2) is 0 Å². The topological polar surface area (TPSA) is 37.0 Å². The molecule has 0 amide bonds. The van der Waals surface area contributed by atoms with Crippen LogP contribution in [0.1, 0.15) is 47.8 Å². The molecule has 2 aliphatic rings. The first kappa shape index (κ1) is 13.5. The van der Waals surface area contributed by atoms with E-state index >= 15 is 0 Å². The molecule has 2 N–H and O–H groups in total. The number of nitrogens with one attached hydrogen (secondary N) is 2. The third kappa shape index (κ3) is 2.71. The largest absolute Gasteiger partial charge is 0.317 e. The minimum Gasteiger partial charge on any atom is -0.317 e. The van der Waals surface area contributed by atoms with E-state index in [0.717, 1.165) is 5.92 Å². The van der Waals surface area contributed by atoms with Gasteiger partial charge in [0.2, 0.25) is 0 Å². The van der Waals surface area contributed by atoms with Crippen molar-refractivity contribution in [3.8, 4) is 0 Å². The fraction of sp³-hybridized carbons (Fsp3) is 0.800. The van der Waals surface area contributed by atoms with E-state index in [-0.39, 0.29) is 0 Å². The maximum Gasteiger partial charge on any atom is 0.0900 e. The van der Waals surface area contributed by atoms with Crippen molar-refractivity contribution in [2.24, 2.45) is 11.3 Å². The molecule has 106 valence electrons. The van der Waals surface area contributed by atoms with Gasteiger partial charge in [0, 0.05) is 10.9 Å². The Kier molecular flexibility index (Phi) is 3.67. The zero-order valence-corrected chi connectivity index (χ0v) is 13.1. The molecule has 1 aliphatic heterocycles. The summed E-state index contributed by atoms with van der Waals surface area (Å²) >= 11 is 1.84. The Hall–Kier alpha value is -0.450. The molecule has 19 heavy (non-hydrogen) atoms. The predicted molar refractivity (Wildman–Crippen MR) is 80.6 cm³/mol. The molecule has 1 saturated heterocycles. The van der Waals surface area contributed by atoms with Gasteiger partial charge in [0.25, 0.3) is 0 Å². The minimum absolute atomic E-state index is 0.450. The lowest BCUT2D eigenvalue weighted by molar-refractivity contribution is 0.316. The number of thiazole rings is 1. The molecular weight excluding hydrogens is 254 g/mol. The maximum absolute atomic E-state index is 4.53. The first-order valence-electron chi connectivity index (χ1n) is 7.49. The van der Waals surface area contributed by atoms with Crippen LogP contribution in [0.2, 0.25) is 0 Å². The second kappa shape index (κ2) is 5.15. The molecule has 1 spiro atoms. The van der Waals surface area contributed by atoms with Crippen LogP contribution < -0.4 is 10.6 Å². The molecule has 2 atom stereocenters. The summed E-state index contributed by atoms with van der Waals surface area (Å²) in [5.41, 5.74) is 1.89. The molecule has 2 heterocycles. The van der Waals surface area contributed by atoms with E-state index in [4.69, 9.17) is 0 Å². The second-order valence-electron chi connectivity index (χ2n) is 6.33. The smallest absolute Gasteiger partial charge is 0.0900 e. The number of nitrogens with zero attached hydrogens (tertiary/aromatic N) is 1. The Labute approximate surface area is 120 Å². The van der Waals surface area contributed by atoms with Gasteiger partial charge in [0.05, 0.1) is 10.7 Å². The Morgan fingerprint density at radius 3 is 2.79 bits per heavy atom. The van der Waals surface area contributed by atoms with Gasteiger partial charge in [-0.05, 0) is 71.0 Å².